The van der Waals surface area contributed by atoms with E-state index in [1.165, 1.54) is 5.56 Å². The Morgan fingerprint density at radius 2 is 2.10 bits per heavy atom. The summed E-state index contributed by atoms with van der Waals surface area (Å²) in [6.07, 6.45) is 2.38. The molecule has 1 fully saturated rings. The van der Waals surface area contributed by atoms with Crippen LogP contribution in [0.1, 0.15) is 53.8 Å². The standard InChI is InChI=1S/C23H34N4O3.HI/c1-15-8-9-19(21(11-15)29-14-20-7-6-10-28-20)13-26-23(24-5)25-12-16(2)22-17(3)27-30-18(22)4;/h8-9,11,16,20H,6-7,10,12-14H2,1-5H3,(H2,24,25,26);1H. The van der Waals surface area contributed by atoms with E-state index in [0.29, 0.717) is 13.2 Å². The monoisotopic (exact) mass is 542 g/mol. The number of ether oxygens (including phenoxy) is 2. The number of halogens is 1. The van der Waals surface area contributed by atoms with Gasteiger partial charge in [-0.15, -0.1) is 24.0 Å². The molecule has 2 atom stereocenters. The Labute approximate surface area is 202 Å². The number of hydrogen-bond acceptors (Lipinski definition) is 5. The van der Waals surface area contributed by atoms with Crippen molar-refractivity contribution in [3.63, 3.8) is 0 Å². The minimum absolute atomic E-state index is 0. The second-order valence-electron chi connectivity index (χ2n) is 8.00. The summed E-state index contributed by atoms with van der Waals surface area (Å²) in [6.45, 7) is 11.0. The van der Waals surface area contributed by atoms with Crippen molar-refractivity contribution in [3.05, 3.63) is 46.3 Å². The first-order valence-electron chi connectivity index (χ1n) is 10.7. The fourth-order valence-corrected chi connectivity index (χ4v) is 3.85. The molecule has 0 spiro atoms. The highest BCUT2D eigenvalue weighted by Crippen LogP contribution is 2.23. The van der Waals surface area contributed by atoms with Gasteiger partial charge in [-0.2, -0.15) is 0 Å². The quantitative estimate of drug-likeness (QED) is 0.295. The van der Waals surface area contributed by atoms with Crippen molar-refractivity contribution in [2.24, 2.45) is 4.99 Å². The lowest BCUT2D eigenvalue weighted by Gasteiger charge is -2.18. The Bertz CT molecular complexity index is 843. The van der Waals surface area contributed by atoms with Crippen LogP contribution in [0.4, 0.5) is 0 Å². The lowest BCUT2D eigenvalue weighted by Crippen LogP contribution is -2.38. The first kappa shape index (κ1) is 25.5. The first-order valence-corrected chi connectivity index (χ1v) is 10.7. The predicted octanol–water partition coefficient (Wildman–Crippen LogP) is 4.24. The SMILES string of the molecule is CN=C(NCc1ccc(C)cc1OCC1CCCO1)NCC(C)c1c(C)noc1C.I. The molecule has 8 heteroatoms. The molecule has 0 bridgehead atoms. The molecule has 3 rings (SSSR count). The van der Waals surface area contributed by atoms with Gasteiger partial charge in [-0.3, -0.25) is 4.99 Å². The smallest absolute Gasteiger partial charge is 0.191 e. The van der Waals surface area contributed by atoms with Gasteiger partial charge in [0.25, 0.3) is 0 Å². The molecule has 2 unspecified atom stereocenters. The van der Waals surface area contributed by atoms with Crippen LogP contribution in [-0.2, 0) is 11.3 Å². The molecule has 1 aliphatic heterocycles. The molecule has 0 amide bonds. The van der Waals surface area contributed by atoms with Gasteiger partial charge in [-0.25, -0.2) is 0 Å². The van der Waals surface area contributed by atoms with E-state index < -0.39 is 0 Å². The second-order valence-corrected chi connectivity index (χ2v) is 8.00. The maximum Gasteiger partial charge on any atom is 0.191 e. The van der Waals surface area contributed by atoms with Crippen LogP contribution < -0.4 is 15.4 Å². The zero-order valence-electron chi connectivity index (χ0n) is 19.2. The van der Waals surface area contributed by atoms with E-state index in [1.807, 2.05) is 13.8 Å². The van der Waals surface area contributed by atoms with E-state index in [2.05, 4.69) is 52.8 Å². The Morgan fingerprint density at radius 3 is 2.74 bits per heavy atom. The van der Waals surface area contributed by atoms with Gasteiger partial charge in [0.15, 0.2) is 5.96 Å². The van der Waals surface area contributed by atoms with Crippen molar-refractivity contribution in [3.8, 4) is 5.75 Å². The van der Waals surface area contributed by atoms with Gasteiger partial charge in [-0.1, -0.05) is 24.2 Å². The van der Waals surface area contributed by atoms with Crippen LogP contribution in [0.2, 0.25) is 0 Å². The summed E-state index contributed by atoms with van der Waals surface area (Å²) in [5.74, 6) is 2.79. The molecule has 1 aromatic carbocycles. The minimum atomic E-state index is 0. The average Bonchev–Trinajstić information content (AvgIpc) is 3.37. The van der Waals surface area contributed by atoms with Gasteiger partial charge in [0.05, 0.1) is 11.8 Å². The molecule has 0 saturated carbocycles. The highest BCUT2D eigenvalue weighted by molar-refractivity contribution is 14.0. The summed E-state index contributed by atoms with van der Waals surface area (Å²) in [5, 5.41) is 10.8. The number of aliphatic imine (C=N–C) groups is 1. The van der Waals surface area contributed by atoms with Crippen LogP contribution >= 0.6 is 24.0 Å². The Kier molecular flexibility index (Phi) is 10.1. The third kappa shape index (κ3) is 7.10. The first-order chi connectivity index (χ1) is 14.5. The largest absolute Gasteiger partial charge is 0.491 e. The average molecular weight is 542 g/mol. The lowest BCUT2D eigenvalue weighted by atomic mass is 10.00. The molecule has 1 aliphatic rings. The van der Waals surface area contributed by atoms with Crippen LogP contribution in [0.3, 0.4) is 0 Å². The van der Waals surface area contributed by atoms with E-state index in [1.54, 1.807) is 7.05 Å². The molecule has 7 nitrogen and oxygen atoms in total. The van der Waals surface area contributed by atoms with Crippen molar-refractivity contribution in [1.29, 1.82) is 0 Å². The number of nitrogens with one attached hydrogen (secondary N) is 2. The zero-order chi connectivity index (χ0) is 21.5. The third-order valence-electron chi connectivity index (χ3n) is 5.50. The molecular formula is C23H35IN4O3. The van der Waals surface area contributed by atoms with Crippen molar-refractivity contribution >= 4 is 29.9 Å². The van der Waals surface area contributed by atoms with Gasteiger partial charge in [0, 0.05) is 43.8 Å². The van der Waals surface area contributed by atoms with E-state index in [0.717, 1.165) is 60.3 Å². The van der Waals surface area contributed by atoms with Crippen molar-refractivity contribution in [2.45, 2.75) is 59.1 Å². The number of rotatable bonds is 8. The van der Waals surface area contributed by atoms with Crippen molar-refractivity contribution in [1.82, 2.24) is 15.8 Å². The maximum atomic E-state index is 6.10. The highest BCUT2D eigenvalue weighted by Gasteiger charge is 2.18. The van der Waals surface area contributed by atoms with E-state index in [-0.39, 0.29) is 36.0 Å². The fraction of sp³-hybridized carbons (Fsp3) is 0.565. The molecule has 2 N–H and O–H groups in total. The van der Waals surface area contributed by atoms with Crippen molar-refractivity contribution in [2.75, 3.05) is 26.8 Å². The summed E-state index contributed by atoms with van der Waals surface area (Å²) in [4.78, 5) is 4.35. The maximum absolute atomic E-state index is 6.10. The highest BCUT2D eigenvalue weighted by atomic mass is 127. The molecule has 2 heterocycles. The number of hydrogen-bond donors (Lipinski definition) is 2. The van der Waals surface area contributed by atoms with Crippen LogP contribution in [0, 0.1) is 20.8 Å². The molecule has 1 aromatic heterocycles. The van der Waals surface area contributed by atoms with Gasteiger partial charge >= 0.3 is 0 Å². The number of benzene rings is 1. The van der Waals surface area contributed by atoms with E-state index in [4.69, 9.17) is 14.0 Å². The Morgan fingerprint density at radius 1 is 1.29 bits per heavy atom. The number of aryl methyl sites for hydroxylation is 3. The summed E-state index contributed by atoms with van der Waals surface area (Å²) in [6, 6.07) is 6.29. The van der Waals surface area contributed by atoms with Crippen LogP contribution in [0.5, 0.6) is 5.75 Å². The van der Waals surface area contributed by atoms with Gasteiger partial charge in [-0.05, 0) is 45.2 Å². The molecule has 0 aliphatic carbocycles. The summed E-state index contributed by atoms with van der Waals surface area (Å²) in [5.41, 5.74) is 4.37. The summed E-state index contributed by atoms with van der Waals surface area (Å²) < 4.78 is 17.1. The zero-order valence-corrected chi connectivity index (χ0v) is 21.5. The van der Waals surface area contributed by atoms with Crippen molar-refractivity contribution < 1.29 is 14.0 Å². The number of aromatic nitrogens is 1. The molecule has 172 valence electrons. The summed E-state index contributed by atoms with van der Waals surface area (Å²) in [7, 11) is 1.78. The van der Waals surface area contributed by atoms with Crippen LogP contribution in [0.15, 0.2) is 27.7 Å². The topological polar surface area (TPSA) is 80.9 Å². The van der Waals surface area contributed by atoms with E-state index in [9.17, 15) is 0 Å². The number of guanidine groups is 1. The summed E-state index contributed by atoms with van der Waals surface area (Å²) >= 11 is 0. The van der Waals surface area contributed by atoms with Crippen LogP contribution in [0.25, 0.3) is 0 Å². The Balaban J connectivity index is 0.00000341. The predicted molar refractivity (Wildman–Crippen MR) is 134 cm³/mol. The molecular weight excluding hydrogens is 507 g/mol. The van der Waals surface area contributed by atoms with Gasteiger partial charge in [0.1, 0.15) is 18.1 Å². The molecule has 0 radical (unpaired) electrons. The van der Waals surface area contributed by atoms with Gasteiger partial charge in [0.2, 0.25) is 0 Å². The number of nitrogens with zero attached hydrogens (tertiary/aromatic N) is 2. The Hall–Kier alpha value is -1.81. The second kappa shape index (κ2) is 12.3. The third-order valence-corrected chi connectivity index (χ3v) is 5.50. The molecule has 1 saturated heterocycles. The molecule has 31 heavy (non-hydrogen) atoms. The van der Waals surface area contributed by atoms with Gasteiger partial charge < -0.3 is 24.6 Å². The normalized spacial score (nSPS) is 17.2. The van der Waals surface area contributed by atoms with Crippen LogP contribution in [-0.4, -0.2) is 44.0 Å². The minimum Gasteiger partial charge on any atom is -0.491 e. The lowest BCUT2D eigenvalue weighted by molar-refractivity contribution is 0.0676. The van der Waals surface area contributed by atoms with E-state index >= 15 is 0 Å². The molecule has 2 aromatic rings. The fourth-order valence-electron chi connectivity index (χ4n) is 3.85.